The van der Waals surface area contributed by atoms with E-state index in [1.54, 1.807) is 12.4 Å². The summed E-state index contributed by atoms with van der Waals surface area (Å²) >= 11 is 3.29. The van der Waals surface area contributed by atoms with E-state index in [-0.39, 0.29) is 5.75 Å². The molecule has 1 aromatic heterocycles. The van der Waals surface area contributed by atoms with Crippen LogP contribution in [0.5, 0.6) is 0 Å². The van der Waals surface area contributed by atoms with Gasteiger partial charge in [0.05, 0.1) is 21.4 Å². The first-order chi connectivity index (χ1) is 8.56. The fourth-order valence-electron chi connectivity index (χ4n) is 1.47. The van der Waals surface area contributed by atoms with Gasteiger partial charge in [0, 0.05) is 22.6 Å². The van der Waals surface area contributed by atoms with E-state index in [2.05, 4.69) is 20.9 Å². The molecule has 1 atom stereocenters. The van der Waals surface area contributed by atoms with Gasteiger partial charge in [0.15, 0.2) is 0 Å². The topological polar surface area (TPSA) is 56.0 Å². The van der Waals surface area contributed by atoms with Gasteiger partial charge in [0.2, 0.25) is 0 Å². The van der Waals surface area contributed by atoms with Crippen molar-refractivity contribution < 1.29 is 8.60 Å². The molecule has 0 bridgehead atoms. The van der Waals surface area contributed by atoms with Crippen molar-refractivity contribution in [1.29, 1.82) is 0 Å². The molecule has 2 rings (SSSR count). The Hall–Kier alpha value is -1.27. The molecule has 1 heterocycles. The Morgan fingerprint density at radius 1 is 1.33 bits per heavy atom. The molecule has 0 fully saturated rings. The average molecular weight is 329 g/mol. The second kappa shape index (κ2) is 5.58. The maximum Gasteiger partial charge on any atom is 0.124 e. The molecule has 0 radical (unpaired) electrons. The summed E-state index contributed by atoms with van der Waals surface area (Å²) in [4.78, 5) is 4.30. The Labute approximate surface area is 115 Å². The lowest BCUT2D eigenvalue weighted by Crippen LogP contribution is -2.02. The number of halogens is 2. The molecule has 0 aliphatic carbocycles. The Morgan fingerprint density at radius 2 is 2.11 bits per heavy atom. The summed E-state index contributed by atoms with van der Waals surface area (Å²) in [5.41, 5.74) is 6.82. The Morgan fingerprint density at radius 3 is 2.83 bits per heavy atom. The molecule has 0 saturated carbocycles. The highest BCUT2D eigenvalue weighted by Gasteiger charge is 2.10. The van der Waals surface area contributed by atoms with Gasteiger partial charge >= 0.3 is 0 Å². The van der Waals surface area contributed by atoms with Gasteiger partial charge in [0.1, 0.15) is 5.82 Å². The molecule has 0 aliphatic rings. The van der Waals surface area contributed by atoms with Gasteiger partial charge < -0.3 is 5.73 Å². The quantitative estimate of drug-likeness (QED) is 0.881. The van der Waals surface area contributed by atoms with Crippen molar-refractivity contribution in [2.75, 3.05) is 5.73 Å². The maximum atomic E-state index is 13.1. The SMILES string of the molecule is Nc1ccc(F)cc1S(=O)Cc1cncc(Br)c1. The molecule has 0 saturated heterocycles. The minimum Gasteiger partial charge on any atom is -0.398 e. The molecule has 94 valence electrons. The van der Waals surface area contributed by atoms with E-state index >= 15 is 0 Å². The van der Waals surface area contributed by atoms with Crippen LogP contribution in [0.1, 0.15) is 5.56 Å². The van der Waals surface area contributed by atoms with Crippen LogP contribution in [-0.4, -0.2) is 9.19 Å². The first-order valence-electron chi connectivity index (χ1n) is 5.09. The fraction of sp³-hybridized carbons (Fsp3) is 0.0833. The van der Waals surface area contributed by atoms with E-state index < -0.39 is 16.6 Å². The summed E-state index contributed by atoms with van der Waals surface area (Å²) < 4.78 is 26.0. The van der Waals surface area contributed by atoms with E-state index in [4.69, 9.17) is 5.73 Å². The number of anilines is 1. The minimum atomic E-state index is -1.39. The van der Waals surface area contributed by atoms with E-state index in [9.17, 15) is 8.60 Å². The highest BCUT2D eigenvalue weighted by molar-refractivity contribution is 9.10. The van der Waals surface area contributed by atoms with Crippen LogP contribution in [0.25, 0.3) is 0 Å². The Kier molecular flexibility index (Phi) is 4.08. The van der Waals surface area contributed by atoms with Gasteiger partial charge in [-0.3, -0.25) is 9.19 Å². The predicted octanol–water partition coefficient (Wildman–Crippen LogP) is 2.87. The van der Waals surface area contributed by atoms with Gasteiger partial charge in [-0.15, -0.1) is 0 Å². The molecule has 0 spiro atoms. The third-order valence-corrected chi connectivity index (χ3v) is 4.15. The highest BCUT2D eigenvalue weighted by atomic mass is 79.9. The van der Waals surface area contributed by atoms with Crippen LogP contribution in [0.2, 0.25) is 0 Å². The summed E-state index contributed by atoms with van der Waals surface area (Å²) in [6, 6.07) is 5.69. The van der Waals surface area contributed by atoms with E-state index in [1.807, 2.05) is 6.07 Å². The van der Waals surface area contributed by atoms with Gasteiger partial charge in [0.25, 0.3) is 0 Å². The first-order valence-corrected chi connectivity index (χ1v) is 7.20. The minimum absolute atomic E-state index is 0.250. The van der Waals surface area contributed by atoms with Crippen molar-refractivity contribution in [3.63, 3.8) is 0 Å². The van der Waals surface area contributed by atoms with Crippen LogP contribution in [0, 0.1) is 5.82 Å². The van der Waals surface area contributed by atoms with Gasteiger partial charge in [-0.05, 0) is 45.8 Å². The number of pyridine rings is 1. The normalized spacial score (nSPS) is 12.3. The maximum absolute atomic E-state index is 13.1. The van der Waals surface area contributed by atoms with Crippen LogP contribution in [-0.2, 0) is 16.6 Å². The van der Waals surface area contributed by atoms with Crippen molar-refractivity contribution >= 4 is 32.4 Å². The molecule has 3 nitrogen and oxygen atoms in total. The lowest BCUT2D eigenvalue weighted by Gasteiger charge is -2.06. The van der Waals surface area contributed by atoms with Crippen LogP contribution >= 0.6 is 15.9 Å². The number of hydrogen-bond donors (Lipinski definition) is 1. The Bertz CT molecular complexity index is 606. The van der Waals surface area contributed by atoms with Crippen molar-refractivity contribution in [3.05, 3.63) is 52.5 Å². The van der Waals surface area contributed by atoms with Crippen molar-refractivity contribution in [3.8, 4) is 0 Å². The molecule has 6 heteroatoms. The van der Waals surface area contributed by atoms with Crippen molar-refractivity contribution in [2.45, 2.75) is 10.6 Å². The second-order valence-corrected chi connectivity index (χ2v) is 6.02. The average Bonchev–Trinajstić information content (AvgIpc) is 2.32. The predicted molar refractivity (Wildman–Crippen MR) is 72.9 cm³/mol. The molecule has 0 amide bonds. The van der Waals surface area contributed by atoms with Crippen LogP contribution in [0.4, 0.5) is 10.1 Å². The van der Waals surface area contributed by atoms with E-state index in [0.717, 1.165) is 10.0 Å². The molecule has 2 aromatic rings. The van der Waals surface area contributed by atoms with Gasteiger partial charge in [-0.25, -0.2) is 4.39 Å². The summed E-state index contributed by atoms with van der Waals surface area (Å²) in [7, 11) is -1.39. The molecule has 18 heavy (non-hydrogen) atoms. The first kappa shape index (κ1) is 13.2. The van der Waals surface area contributed by atoms with Crippen LogP contribution < -0.4 is 5.73 Å². The summed E-state index contributed by atoms with van der Waals surface area (Å²) in [6.07, 6.45) is 3.26. The molecule has 0 aliphatic heterocycles. The van der Waals surface area contributed by atoms with E-state index in [1.165, 1.54) is 18.2 Å². The zero-order valence-corrected chi connectivity index (χ0v) is 11.7. The van der Waals surface area contributed by atoms with Crippen molar-refractivity contribution in [2.24, 2.45) is 0 Å². The standard InChI is InChI=1S/C12H10BrFN2OS/c13-9-3-8(5-16-6-9)7-18(17)12-4-10(14)1-2-11(12)15/h1-6H,7,15H2. The third kappa shape index (κ3) is 3.14. The number of nitrogen functional groups attached to an aromatic ring is 1. The number of hydrogen-bond acceptors (Lipinski definition) is 3. The second-order valence-electron chi connectivity index (χ2n) is 3.68. The smallest absolute Gasteiger partial charge is 0.124 e. The number of benzene rings is 1. The van der Waals surface area contributed by atoms with Gasteiger partial charge in [-0.2, -0.15) is 0 Å². The lowest BCUT2D eigenvalue weighted by atomic mass is 10.3. The zero-order valence-electron chi connectivity index (χ0n) is 9.27. The van der Waals surface area contributed by atoms with Crippen LogP contribution in [0.15, 0.2) is 46.0 Å². The summed E-state index contributed by atoms with van der Waals surface area (Å²) in [5.74, 6) is -0.194. The number of nitrogens with zero attached hydrogens (tertiary/aromatic N) is 1. The van der Waals surface area contributed by atoms with Gasteiger partial charge in [-0.1, -0.05) is 0 Å². The molecule has 1 aromatic carbocycles. The number of aromatic nitrogens is 1. The monoisotopic (exact) mass is 328 g/mol. The third-order valence-electron chi connectivity index (χ3n) is 2.28. The summed E-state index contributed by atoms with van der Waals surface area (Å²) in [6.45, 7) is 0. The largest absolute Gasteiger partial charge is 0.398 e. The summed E-state index contributed by atoms with van der Waals surface area (Å²) in [5, 5.41) is 0. The fourth-order valence-corrected chi connectivity index (χ4v) is 3.07. The van der Waals surface area contributed by atoms with Crippen LogP contribution in [0.3, 0.4) is 0 Å². The van der Waals surface area contributed by atoms with Crippen molar-refractivity contribution in [1.82, 2.24) is 4.98 Å². The lowest BCUT2D eigenvalue weighted by molar-refractivity contribution is 0.623. The number of nitrogens with two attached hydrogens (primary N) is 1. The molecule has 2 N–H and O–H groups in total. The van der Waals surface area contributed by atoms with E-state index in [0.29, 0.717) is 10.6 Å². The highest BCUT2D eigenvalue weighted by Crippen LogP contribution is 2.21. The molecular formula is C12H10BrFN2OS. The Balaban J connectivity index is 2.24. The molecule has 1 unspecified atom stereocenters. The molecular weight excluding hydrogens is 319 g/mol. The zero-order chi connectivity index (χ0) is 13.1. The number of rotatable bonds is 3.